The Morgan fingerprint density at radius 1 is 1.56 bits per heavy atom. The Morgan fingerprint density at radius 3 is 3.00 bits per heavy atom. The number of carbonyl (C=O) groups is 1. The van der Waals surface area contributed by atoms with Gasteiger partial charge in [-0.1, -0.05) is 11.6 Å². The van der Waals surface area contributed by atoms with Crippen molar-refractivity contribution in [1.29, 1.82) is 0 Å². The van der Waals surface area contributed by atoms with Gasteiger partial charge in [0.05, 0.1) is 0 Å². The van der Waals surface area contributed by atoms with Crippen molar-refractivity contribution in [3.05, 3.63) is 35.4 Å². The first-order chi connectivity index (χ1) is 8.56. The van der Waals surface area contributed by atoms with Crippen LogP contribution in [-0.2, 0) is 11.2 Å². The minimum absolute atomic E-state index is 0.416. The van der Waals surface area contributed by atoms with Crippen molar-refractivity contribution in [2.24, 2.45) is 0 Å². The molecule has 0 amide bonds. The van der Waals surface area contributed by atoms with Crippen molar-refractivity contribution >= 4 is 5.97 Å². The molecular weight excluding hydrogens is 232 g/mol. The fourth-order valence-electron chi connectivity index (χ4n) is 1.74. The van der Waals surface area contributed by atoms with Crippen LogP contribution in [0.2, 0.25) is 0 Å². The van der Waals surface area contributed by atoms with Crippen LogP contribution in [0.5, 0.6) is 11.5 Å². The lowest BCUT2D eigenvalue weighted by Gasteiger charge is -2.06. The van der Waals surface area contributed by atoms with E-state index in [-0.39, 0.29) is 0 Å². The van der Waals surface area contributed by atoms with E-state index in [1.807, 2.05) is 32.1 Å². The zero-order valence-electron chi connectivity index (χ0n) is 10.5. The van der Waals surface area contributed by atoms with Gasteiger partial charge in [-0.25, -0.2) is 4.79 Å². The van der Waals surface area contributed by atoms with E-state index in [0.29, 0.717) is 24.5 Å². The SMILES string of the molecule is CC(C)=CCOc1ccc2c(c1)OC(C(=O)O)C2. The summed E-state index contributed by atoms with van der Waals surface area (Å²) < 4.78 is 10.9. The number of allylic oxidation sites excluding steroid dienone is 1. The van der Waals surface area contributed by atoms with Gasteiger partial charge in [0.15, 0.2) is 6.10 Å². The van der Waals surface area contributed by atoms with Gasteiger partial charge in [0.1, 0.15) is 18.1 Å². The topological polar surface area (TPSA) is 55.8 Å². The first kappa shape index (κ1) is 12.5. The highest BCUT2D eigenvalue weighted by Gasteiger charge is 2.28. The average Bonchev–Trinajstić information content (AvgIpc) is 2.71. The predicted molar refractivity (Wildman–Crippen MR) is 67.1 cm³/mol. The summed E-state index contributed by atoms with van der Waals surface area (Å²) in [6, 6.07) is 5.44. The van der Waals surface area contributed by atoms with Crippen LogP contribution in [0.15, 0.2) is 29.8 Å². The fraction of sp³-hybridized carbons (Fsp3) is 0.357. The second-order valence-electron chi connectivity index (χ2n) is 4.51. The molecule has 0 fully saturated rings. The van der Waals surface area contributed by atoms with E-state index >= 15 is 0 Å². The van der Waals surface area contributed by atoms with Crippen LogP contribution in [0, 0.1) is 0 Å². The van der Waals surface area contributed by atoms with Gasteiger partial charge in [0.2, 0.25) is 0 Å². The number of rotatable bonds is 4. The van der Waals surface area contributed by atoms with Crippen molar-refractivity contribution < 1.29 is 19.4 Å². The smallest absolute Gasteiger partial charge is 0.345 e. The normalized spacial score (nSPS) is 16.7. The maximum atomic E-state index is 10.8. The average molecular weight is 248 g/mol. The number of fused-ring (bicyclic) bond motifs is 1. The van der Waals surface area contributed by atoms with Gasteiger partial charge < -0.3 is 14.6 Å². The standard InChI is InChI=1S/C14H16O4/c1-9(2)5-6-17-11-4-3-10-7-13(14(15)16)18-12(10)8-11/h3-5,8,13H,6-7H2,1-2H3,(H,15,16). The minimum Gasteiger partial charge on any atom is -0.489 e. The monoisotopic (exact) mass is 248 g/mol. The largest absolute Gasteiger partial charge is 0.489 e. The lowest BCUT2D eigenvalue weighted by Crippen LogP contribution is -2.24. The highest BCUT2D eigenvalue weighted by molar-refractivity contribution is 5.74. The van der Waals surface area contributed by atoms with Crippen LogP contribution in [0.25, 0.3) is 0 Å². The molecule has 1 N–H and O–H groups in total. The number of ether oxygens (including phenoxy) is 2. The third kappa shape index (κ3) is 2.83. The molecule has 0 saturated carbocycles. The van der Waals surface area contributed by atoms with Gasteiger partial charge in [0, 0.05) is 12.5 Å². The van der Waals surface area contributed by atoms with Crippen molar-refractivity contribution in [2.45, 2.75) is 26.4 Å². The molecule has 0 aromatic heterocycles. The molecule has 96 valence electrons. The van der Waals surface area contributed by atoms with Gasteiger partial charge in [0.25, 0.3) is 0 Å². The number of aliphatic carboxylic acids is 1. The Bertz CT molecular complexity index is 487. The second kappa shape index (κ2) is 5.12. The maximum Gasteiger partial charge on any atom is 0.345 e. The molecule has 0 bridgehead atoms. The Kier molecular flexibility index (Phi) is 3.55. The van der Waals surface area contributed by atoms with Crippen LogP contribution in [0.4, 0.5) is 0 Å². The summed E-state index contributed by atoms with van der Waals surface area (Å²) in [6.45, 7) is 4.52. The van der Waals surface area contributed by atoms with E-state index in [1.54, 1.807) is 6.07 Å². The van der Waals surface area contributed by atoms with Crippen LogP contribution in [0.3, 0.4) is 0 Å². The quantitative estimate of drug-likeness (QED) is 0.831. The van der Waals surface area contributed by atoms with Gasteiger partial charge in [-0.15, -0.1) is 0 Å². The zero-order chi connectivity index (χ0) is 13.1. The molecule has 0 spiro atoms. The maximum absolute atomic E-state index is 10.8. The molecule has 2 rings (SSSR count). The minimum atomic E-state index is -0.932. The Labute approximate surface area is 106 Å². The predicted octanol–water partition coefficient (Wildman–Crippen LogP) is 2.42. The van der Waals surface area contributed by atoms with E-state index in [1.165, 1.54) is 5.57 Å². The molecule has 0 aliphatic carbocycles. The number of hydrogen-bond donors (Lipinski definition) is 1. The van der Waals surface area contributed by atoms with Crippen molar-refractivity contribution in [1.82, 2.24) is 0 Å². The van der Waals surface area contributed by atoms with Gasteiger partial charge >= 0.3 is 5.97 Å². The molecule has 4 nitrogen and oxygen atoms in total. The molecule has 1 heterocycles. The van der Waals surface area contributed by atoms with E-state index in [9.17, 15) is 4.79 Å². The molecule has 1 unspecified atom stereocenters. The number of carboxylic acid groups (broad SMARTS) is 1. The van der Waals surface area contributed by atoms with E-state index in [4.69, 9.17) is 14.6 Å². The summed E-state index contributed by atoms with van der Waals surface area (Å²) in [7, 11) is 0. The third-order valence-corrected chi connectivity index (χ3v) is 2.73. The zero-order valence-corrected chi connectivity index (χ0v) is 10.5. The van der Waals surface area contributed by atoms with Crippen molar-refractivity contribution in [3.8, 4) is 11.5 Å². The summed E-state index contributed by atoms with van der Waals surface area (Å²) in [5.41, 5.74) is 2.11. The molecule has 1 atom stereocenters. The molecular formula is C14H16O4. The molecule has 1 aliphatic rings. The van der Waals surface area contributed by atoms with Gasteiger partial charge in [-0.3, -0.25) is 0 Å². The highest BCUT2D eigenvalue weighted by Crippen LogP contribution is 2.32. The molecule has 1 aliphatic heterocycles. The Balaban J connectivity index is 2.04. The van der Waals surface area contributed by atoms with E-state index in [0.717, 1.165) is 5.56 Å². The number of carboxylic acids is 1. The third-order valence-electron chi connectivity index (χ3n) is 2.73. The lowest BCUT2D eigenvalue weighted by atomic mass is 10.1. The summed E-state index contributed by atoms with van der Waals surface area (Å²) >= 11 is 0. The van der Waals surface area contributed by atoms with Crippen LogP contribution < -0.4 is 9.47 Å². The van der Waals surface area contributed by atoms with Crippen LogP contribution in [0.1, 0.15) is 19.4 Å². The summed E-state index contributed by atoms with van der Waals surface area (Å²) in [6.07, 6.45) is 1.63. The van der Waals surface area contributed by atoms with Crippen LogP contribution >= 0.6 is 0 Å². The Morgan fingerprint density at radius 2 is 2.33 bits per heavy atom. The summed E-state index contributed by atoms with van der Waals surface area (Å²) in [5, 5.41) is 8.89. The molecule has 0 saturated heterocycles. The van der Waals surface area contributed by atoms with Gasteiger partial charge in [-0.05, 0) is 31.6 Å². The first-order valence-corrected chi connectivity index (χ1v) is 5.85. The molecule has 18 heavy (non-hydrogen) atoms. The van der Waals surface area contributed by atoms with Crippen LogP contribution in [-0.4, -0.2) is 23.8 Å². The fourth-order valence-corrected chi connectivity index (χ4v) is 1.74. The van der Waals surface area contributed by atoms with E-state index in [2.05, 4.69) is 0 Å². The molecule has 0 radical (unpaired) electrons. The Hall–Kier alpha value is -1.97. The van der Waals surface area contributed by atoms with Crippen molar-refractivity contribution in [3.63, 3.8) is 0 Å². The number of hydrogen-bond acceptors (Lipinski definition) is 3. The highest BCUT2D eigenvalue weighted by atomic mass is 16.5. The first-order valence-electron chi connectivity index (χ1n) is 5.85. The molecule has 1 aromatic rings. The summed E-state index contributed by atoms with van der Waals surface area (Å²) in [4.78, 5) is 10.8. The van der Waals surface area contributed by atoms with Crippen molar-refractivity contribution in [2.75, 3.05) is 6.61 Å². The summed E-state index contributed by atoms with van der Waals surface area (Å²) in [5.74, 6) is 0.368. The van der Waals surface area contributed by atoms with Gasteiger partial charge in [-0.2, -0.15) is 0 Å². The second-order valence-corrected chi connectivity index (χ2v) is 4.51. The molecule has 4 heteroatoms. The number of benzene rings is 1. The molecule has 1 aromatic carbocycles. The van der Waals surface area contributed by atoms with E-state index < -0.39 is 12.1 Å². The lowest BCUT2D eigenvalue weighted by molar-refractivity contribution is -0.144.